The van der Waals surface area contributed by atoms with Crippen LogP contribution in [0.1, 0.15) is 30.0 Å². The third kappa shape index (κ3) is 3.44. The van der Waals surface area contributed by atoms with Gasteiger partial charge >= 0.3 is 0 Å². The highest BCUT2D eigenvalue weighted by atomic mass is 35.5. The van der Waals surface area contributed by atoms with Crippen LogP contribution in [0.4, 0.5) is 10.1 Å². The first-order valence-electron chi connectivity index (χ1n) is 10.6. The molecule has 2 amide bonds. The molecule has 33 heavy (non-hydrogen) atoms. The lowest BCUT2D eigenvalue weighted by molar-refractivity contribution is -0.135. The SMILES string of the molecule is COc1ccc(F)cc1[C@H]1NC(=O)CC(C2C=CC=C(Cl)C2)[C@]12C(=O)Nc1cc(Cl)ccc12. The number of carbonyl (C=O) groups is 2. The quantitative estimate of drug-likeness (QED) is 0.622. The van der Waals surface area contributed by atoms with E-state index >= 15 is 0 Å². The van der Waals surface area contributed by atoms with Gasteiger partial charge in [0, 0.05) is 27.7 Å². The number of benzene rings is 2. The molecule has 3 aliphatic rings. The van der Waals surface area contributed by atoms with Crippen molar-refractivity contribution in [1.29, 1.82) is 0 Å². The van der Waals surface area contributed by atoms with E-state index in [0.29, 0.717) is 39.0 Å². The van der Waals surface area contributed by atoms with Crippen molar-refractivity contribution in [1.82, 2.24) is 5.32 Å². The molecule has 2 unspecified atom stereocenters. The van der Waals surface area contributed by atoms with Gasteiger partial charge in [-0.25, -0.2) is 4.39 Å². The van der Waals surface area contributed by atoms with Crippen molar-refractivity contribution >= 4 is 40.7 Å². The van der Waals surface area contributed by atoms with E-state index in [0.717, 1.165) is 0 Å². The van der Waals surface area contributed by atoms with Gasteiger partial charge in [0.1, 0.15) is 17.0 Å². The van der Waals surface area contributed by atoms with E-state index in [9.17, 15) is 14.0 Å². The summed E-state index contributed by atoms with van der Waals surface area (Å²) in [5.41, 5.74) is 0.459. The van der Waals surface area contributed by atoms with E-state index in [-0.39, 0.29) is 24.2 Å². The summed E-state index contributed by atoms with van der Waals surface area (Å²) in [6.07, 6.45) is 6.26. The number of carbonyl (C=O) groups excluding carboxylic acids is 2. The number of amides is 2. The van der Waals surface area contributed by atoms with Gasteiger partial charge < -0.3 is 15.4 Å². The fourth-order valence-corrected chi connectivity index (χ4v) is 6.00. The smallest absolute Gasteiger partial charge is 0.237 e. The van der Waals surface area contributed by atoms with Crippen molar-refractivity contribution < 1.29 is 18.7 Å². The molecule has 8 heteroatoms. The number of methoxy groups -OCH3 is 1. The van der Waals surface area contributed by atoms with Crippen LogP contribution in [0.5, 0.6) is 5.75 Å². The maximum atomic E-state index is 14.4. The van der Waals surface area contributed by atoms with Crippen LogP contribution < -0.4 is 15.4 Å². The number of piperidine rings is 1. The van der Waals surface area contributed by atoms with Crippen molar-refractivity contribution in [2.24, 2.45) is 11.8 Å². The highest BCUT2D eigenvalue weighted by Gasteiger charge is 2.62. The van der Waals surface area contributed by atoms with Crippen LogP contribution in [0.15, 0.2) is 59.7 Å². The zero-order chi connectivity index (χ0) is 23.3. The molecule has 2 heterocycles. The number of nitrogens with one attached hydrogen (secondary N) is 2. The fraction of sp³-hybridized carbons (Fsp3) is 0.280. The summed E-state index contributed by atoms with van der Waals surface area (Å²) in [5, 5.41) is 7.08. The summed E-state index contributed by atoms with van der Waals surface area (Å²) in [6, 6.07) is 8.47. The Kier molecular flexibility index (Phi) is 5.46. The molecule has 2 N–H and O–H groups in total. The molecule has 2 aromatic rings. The maximum Gasteiger partial charge on any atom is 0.237 e. The Hall–Kier alpha value is -2.83. The molecular weight excluding hydrogens is 466 g/mol. The van der Waals surface area contributed by atoms with Gasteiger partial charge in [0.05, 0.1) is 13.2 Å². The first kappa shape index (κ1) is 22.0. The van der Waals surface area contributed by atoms with Crippen molar-refractivity contribution in [2.75, 3.05) is 12.4 Å². The summed E-state index contributed by atoms with van der Waals surface area (Å²) in [5.74, 6) is -1.23. The molecule has 1 spiro atoms. The average Bonchev–Trinajstić information content (AvgIpc) is 3.06. The molecule has 170 valence electrons. The summed E-state index contributed by atoms with van der Waals surface area (Å²) >= 11 is 12.6. The van der Waals surface area contributed by atoms with Crippen LogP contribution in [-0.4, -0.2) is 18.9 Å². The first-order valence-corrected chi connectivity index (χ1v) is 11.4. The lowest BCUT2D eigenvalue weighted by Crippen LogP contribution is -2.59. The third-order valence-corrected chi connectivity index (χ3v) is 7.40. The van der Waals surface area contributed by atoms with E-state index in [2.05, 4.69) is 10.6 Å². The zero-order valence-corrected chi connectivity index (χ0v) is 19.2. The number of hydrogen-bond acceptors (Lipinski definition) is 3. The molecule has 1 aliphatic carbocycles. The van der Waals surface area contributed by atoms with E-state index in [1.165, 1.54) is 25.3 Å². The van der Waals surface area contributed by atoms with Crippen molar-refractivity contribution in [2.45, 2.75) is 24.3 Å². The lowest BCUT2D eigenvalue weighted by Gasteiger charge is -2.49. The van der Waals surface area contributed by atoms with Gasteiger partial charge in [0.25, 0.3) is 0 Å². The van der Waals surface area contributed by atoms with Gasteiger partial charge in [0.2, 0.25) is 11.8 Å². The molecule has 4 atom stereocenters. The largest absolute Gasteiger partial charge is 0.496 e. The molecule has 5 nitrogen and oxygen atoms in total. The maximum absolute atomic E-state index is 14.4. The van der Waals surface area contributed by atoms with Crippen molar-refractivity contribution in [3.63, 3.8) is 0 Å². The molecule has 1 fully saturated rings. The van der Waals surface area contributed by atoms with Crippen LogP contribution in [0.2, 0.25) is 5.02 Å². The predicted molar refractivity (Wildman–Crippen MR) is 125 cm³/mol. The Morgan fingerprint density at radius 1 is 1.12 bits per heavy atom. The Balaban J connectivity index is 1.78. The van der Waals surface area contributed by atoms with E-state index in [4.69, 9.17) is 27.9 Å². The molecular formula is C25H21Cl2FN2O3. The van der Waals surface area contributed by atoms with Crippen LogP contribution >= 0.6 is 23.2 Å². The van der Waals surface area contributed by atoms with Gasteiger partial charge in [-0.1, -0.05) is 41.4 Å². The van der Waals surface area contributed by atoms with E-state index in [1.807, 2.05) is 24.3 Å². The van der Waals surface area contributed by atoms with Crippen molar-refractivity contribution in [3.05, 3.63) is 81.6 Å². The van der Waals surface area contributed by atoms with Crippen molar-refractivity contribution in [3.8, 4) is 5.75 Å². The Bertz CT molecular complexity index is 1230. The van der Waals surface area contributed by atoms with Gasteiger partial charge in [-0.3, -0.25) is 9.59 Å². The second-order valence-electron chi connectivity index (χ2n) is 8.58. The number of anilines is 1. The van der Waals surface area contributed by atoms with Crippen LogP contribution in [0, 0.1) is 17.7 Å². The van der Waals surface area contributed by atoms with Crippen LogP contribution in [0.3, 0.4) is 0 Å². The van der Waals surface area contributed by atoms with Gasteiger partial charge in [-0.05, 0) is 60.2 Å². The van der Waals surface area contributed by atoms with Gasteiger partial charge in [-0.15, -0.1) is 0 Å². The van der Waals surface area contributed by atoms with E-state index in [1.54, 1.807) is 12.1 Å². The van der Waals surface area contributed by atoms with E-state index < -0.39 is 23.2 Å². The highest BCUT2D eigenvalue weighted by Crippen LogP contribution is 2.58. The molecule has 0 bridgehead atoms. The standard InChI is InChI=1S/C25H21Cl2FN2O3/c1-33-21-8-6-16(28)11-17(21)23-25(18-7-5-15(27)10-20(18)29-24(25)32)19(12-22(31)30-23)13-3-2-4-14(26)9-13/h2-8,10-11,13,19,23H,9,12H2,1H3,(H,29,32)(H,30,31)/t13?,19?,23-,25+/m1/s1. The number of fused-ring (bicyclic) bond motifs is 2. The molecule has 5 rings (SSSR count). The molecule has 1 saturated heterocycles. The Morgan fingerprint density at radius 2 is 1.94 bits per heavy atom. The minimum Gasteiger partial charge on any atom is -0.496 e. The van der Waals surface area contributed by atoms with Gasteiger partial charge in [0.15, 0.2) is 0 Å². The lowest BCUT2D eigenvalue weighted by atomic mass is 9.57. The minimum atomic E-state index is -1.22. The Morgan fingerprint density at radius 3 is 2.70 bits per heavy atom. The summed E-state index contributed by atoms with van der Waals surface area (Å²) < 4.78 is 20.0. The normalized spacial score (nSPS) is 28.2. The van der Waals surface area contributed by atoms with Crippen LogP contribution in [-0.2, 0) is 15.0 Å². The highest BCUT2D eigenvalue weighted by molar-refractivity contribution is 6.31. The summed E-state index contributed by atoms with van der Waals surface area (Å²) in [7, 11) is 1.47. The summed E-state index contributed by atoms with van der Waals surface area (Å²) in [4.78, 5) is 26.9. The zero-order valence-electron chi connectivity index (χ0n) is 17.7. The second-order valence-corrected chi connectivity index (χ2v) is 9.50. The molecule has 2 aliphatic heterocycles. The monoisotopic (exact) mass is 486 g/mol. The minimum absolute atomic E-state index is 0.114. The number of halogens is 3. The molecule has 0 aromatic heterocycles. The number of rotatable bonds is 3. The molecule has 2 aromatic carbocycles. The van der Waals surface area contributed by atoms with Crippen LogP contribution in [0.25, 0.3) is 0 Å². The molecule has 0 radical (unpaired) electrons. The predicted octanol–water partition coefficient (Wildman–Crippen LogP) is 5.25. The average molecular weight is 487 g/mol. The third-order valence-electron chi connectivity index (χ3n) is 6.89. The Labute approximate surface area is 200 Å². The topological polar surface area (TPSA) is 67.4 Å². The summed E-state index contributed by atoms with van der Waals surface area (Å²) in [6.45, 7) is 0. The molecule has 0 saturated carbocycles. The fourth-order valence-electron chi connectivity index (χ4n) is 5.58. The second kappa shape index (κ2) is 8.19. The van der Waals surface area contributed by atoms with Gasteiger partial charge in [-0.2, -0.15) is 0 Å². The number of allylic oxidation sites excluding steroid dienone is 4. The number of ether oxygens (including phenoxy) is 1. The number of hydrogen-bond donors (Lipinski definition) is 2. The first-order chi connectivity index (χ1) is 15.8.